The van der Waals surface area contributed by atoms with Gasteiger partial charge in [-0.1, -0.05) is 11.2 Å². The largest absolute Gasteiger partial charge is 0.409 e. The van der Waals surface area contributed by atoms with E-state index in [0.717, 1.165) is 24.8 Å². The monoisotopic (exact) mass is 297 g/mol. The minimum Gasteiger partial charge on any atom is -0.409 e. The Labute approximate surface area is 118 Å². The van der Waals surface area contributed by atoms with Crippen LogP contribution in [0.5, 0.6) is 0 Å². The number of hydrogen-bond donors (Lipinski definition) is 3. The third-order valence-electron chi connectivity index (χ3n) is 3.41. The van der Waals surface area contributed by atoms with Crippen molar-refractivity contribution < 1.29 is 13.6 Å². The fourth-order valence-electron chi connectivity index (χ4n) is 2.32. The number of aryl methyl sites for hydroxylation is 2. The van der Waals surface area contributed by atoms with Gasteiger partial charge in [0, 0.05) is 13.0 Å². The number of hydrogen-bond acceptors (Lipinski definition) is 4. The Morgan fingerprint density at radius 2 is 2.10 bits per heavy atom. The van der Waals surface area contributed by atoms with Crippen molar-refractivity contribution in [2.45, 2.75) is 37.0 Å². The summed E-state index contributed by atoms with van der Waals surface area (Å²) < 4.78 is 26.8. The molecule has 0 aromatic heterocycles. The van der Waals surface area contributed by atoms with Crippen LogP contribution in [0.4, 0.5) is 0 Å². The Bertz CT molecular complexity index is 611. The SMILES string of the molecule is NC(CCCNS(=O)(=O)c1ccc2c(c1)CCC2)=NO. The lowest BCUT2D eigenvalue weighted by Crippen LogP contribution is -2.26. The van der Waals surface area contributed by atoms with E-state index in [1.165, 1.54) is 5.56 Å². The summed E-state index contributed by atoms with van der Waals surface area (Å²) >= 11 is 0. The third-order valence-corrected chi connectivity index (χ3v) is 4.87. The van der Waals surface area contributed by atoms with Gasteiger partial charge in [0.05, 0.1) is 4.90 Å². The number of sulfonamides is 1. The maximum atomic E-state index is 12.1. The van der Waals surface area contributed by atoms with E-state index in [1.807, 2.05) is 6.07 Å². The zero-order valence-corrected chi connectivity index (χ0v) is 12.0. The van der Waals surface area contributed by atoms with Crippen LogP contribution in [0.1, 0.15) is 30.4 Å². The molecular formula is C13H19N3O3S. The summed E-state index contributed by atoms with van der Waals surface area (Å²) in [5, 5.41) is 11.2. The predicted molar refractivity (Wildman–Crippen MR) is 76.3 cm³/mol. The molecule has 0 atom stereocenters. The second kappa shape index (κ2) is 6.23. The molecule has 0 radical (unpaired) electrons. The average Bonchev–Trinajstić information content (AvgIpc) is 2.90. The summed E-state index contributed by atoms with van der Waals surface area (Å²) in [6.07, 6.45) is 3.90. The maximum absolute atomic E-state index is 12.1. The van der Waals surface area contributed by atoms with Crippen molar-refractivity contribution in [2.75, 3.05) is 6.54 Å². The van der Waals surface area contributed by atoms with Gasteiger partial charge >= 0.3 is 0 Å². The van der Waals surface area contributed by atoms with Crippen molar-refractivity contribution in [1.82, 2.24) is 4.72 Å². The second-order valence-corrected chi connectivity index (χ2v) is 6.64. The fourth-order valence-corrected chi connectivity index (χ4v) is 3.45. The number of fused-ring (bicyclic) bond motifs is 1. The highest BCUT2D eigenvalue weighted by Gasteiger charge is 2.17. The number of nitrogens with zero attached hydrogens (tertiary/aromatic N) is 1. The molecule has 2 rings (SSSR count). The molecule has 6 nitrogen and oxygen atoms in total. The Hall–Kier alpha value is -1.60. The van der Waals surface area contributed by atoms with Crippen molar-refractivity contribution in [3.63, 3.8) is 0 Å². The summed E-state index contributed by atoms with van der Waals surface area (Å²) in [7, 11) is -3.48. The van der Waals surface area contributed by atoms with Crippen LogP contribution in [0.15, 0.2) is 28.3 Å². The van der Waals surface area contributed by atoms with E-state index in [4.69, 9.17) is 10.9 Å². The molecule has 0 saturated carbocycles. The van der Waals surface area contributed by atoms with Crippen LogP contribution in [0, 0.1) is 0 Å². The zero-order chi connectivity index (χ0) is 14.6. The second-order valence-electron chi connectivity index (χ2n) is 4.88. The summed E-state index contributed by atoms with van der Waals surface area (Å²) in [5.74, 6) is 0.0988. The predicted octanol–water partition coefficient (Wildman–Crippen LogP) is 0.980. The first-order valence-corrected chi connectivity index (χ1v) is 8.09. The quantitative estimate of drug-likeness (QED) is 0.239. The molecule has 7 heteroatoms. The molecule has 1 aromatic carbocycles. The van der Waals surface area contributed by atoms with E-state index in [0.29, 0.717) is 17.7 Å². The highest BCUT2D eigenvalue weighted by Crippen LogP contribution is 2.24. The van der Waals surface area contributed by atoms with Gasteiger partial charge in [-0.2, -0.15) is 0 Å². The number of amidine groups is 1. The van der Waals surface area contributed by atoms with E-state index in [9.17, 15) is 8.42 Å². The topological polar surface area (TPSA) is 105 Å². The van der Waals surface area contributed by atoms with Gasteiger partial charge in [0.1, 0.15) is 5.84 Å². The summed E-state index contributed by atoms with van der Waals surface area (Å²) in [5.41, 5.74) is 7.69. The molecule has 0 amide bonds. The first kappa shape index (κ1) is 14.8. The lowest BCUT2D eigenvalue weighted by atomic mass is 10.1. The third kappa shape index (κ3) is 3.49. The van der Waals surface area contributed by atoms with Gasteiger partial charge in [0.15, 0.2) is 0 Å². The maximum Gasteiger partial charge on any atom is 0.240 e. The van der Waals surface area contributed by atoms with Crippen LogP contribution in [-0.2, 0) is 22.9 Å². The number of nitrogens with two attached hydrogens (primary N) is 1. The van der Waals surface area contributed by atoms with Crippen LogP contribution >= 0.6 is 0 Å². The van der Waals surface area contributed by atoms with Gasteiger partial charge in [-0.15, -0.1) is 0 Å². The molecule has 0 spiro atoms. The molecule has 0 fully saturated rings. The molecule has 1 aliphatic carbocycles. The zero-order valence-electron chi connectivity index (χ0n) is 11.2. The average molecular weight is 297 g/mol. The van der Waals surface area contributed by atoms with Gasteiger partial charge in [-0.25, -0.2) is 13.1 Å². The molecule has 1 aromatic rings. The Morgan fingerprint density at radius 3 is 2.85 bits per heavy atom. The van der Waals surface area contributed by atoms with Gasteiger partial charge < -0.3 is 10.9 Å². The molecule has 0 saturated heterocycles. The van der Waals surface area contributed by atoms with E-state index in [-0.39, 0.29) is 12.4 Å². The van der Waals surface area contributed by atoms with Crippen LogP contribution in [-0.4, -0.2) is 26.0 Å². The van der Waals surface area contributed by atoms with Gasteiger partial charge in [-0.05, 0) is 48.9 Å². The van der Waals surface area contributed by atoms with E-state index >= 15 is 0 Å². The minimum absolute atomic E-state index is 0.0988. The van der Waals surface area contributed by atoms with Crippen LogP contribution in [0.3, 0.4) is 0 Å². The van der Waals surface area contributed by atoms with Gasteiger partial charge in [-0.3, -0.25) is 0 Å². The Kier molecular flexibility index (Phi) is 4.61. The van der Waals surface area contributed by atoms with E-state index in [1.54, 1.807) is 12.1 Å². The Balaban J connectivity index is 1.96. The first-order valence-electron chi connectivity index (χ1n) is 6.61. The molecule has 0 heterocycles. The summed E-state index contributed by atoms with van der Waals surface area (Å²) in [6.45, 7) is 0.260. The van der Waals surface area contributed by atoms with E-state index in [2.05, 4.69) is 9.88 Å². The van der Waals surface area contributed by atoms with Crippen molar-refractivity contribution >= 4 is 15.9 Å². The van der Waals surface area contributed by atoms with E-state index < -0.39 is 10.0 Å². The van der Waals surface area contributed by atoms with Gasteiger partial charge in [0.25, 0.3) is 0 Å². The van der Waals surface area contributed by atoms with Gasteiger partial charge in [0.2, 0.25) is 10.0 Å². The van der Waals surface area contributed by atoms with Crippen LogP contribution in [0.25, 0.3) is 0 Å². The van der Waals surface area contributed by atoms with Crippen molar-refractivity contribution in [1.29, 1.82) is 0 Å². The number of benzene rings is 1. The Morgan fingerprint density at radius 1 is 1.35 bits per heavy atom. The molecular weight excluding hydrogens is 278 g/mol. The highest BCUT2D eigenvalue weighted by molar-refractivity contribution is 7.89. The number of rotatable bonds is 6. The van der Waals surface area contributed by atoms with Crippen LogP contribution < -0.4 is 10.5 Å². The standard InChI is InChI=1S/C13H19N3O3S/c14-13(16-17)5-2-8-15-20(18,19)12-7-6-10-3-1-4-11(10)9-12/h6-7,9,15,17H,1-5,8H2,(H2,14,16). The molecule has 4 N–H and O–H groups in total. The summed E-state index contributed by atoms with van der Waals surface area (Å²) in [4.78, 5) is 0.307. The minimum atomic E-state index is -3.48. The molecule has 1 aliphatic rings. The lowest BCUT2D eigenvalue weighted by molar-refractivity contribution is 0.316. The number of nitrogens with one attached hydrogen (secondary N) is 1. The van der Waals surface area contributed by atoms with Crippen molar-refractivity contribution in [3.8, 4) is 0 Å². The highest BCUT2D eigenvalue weighted by atomic mass is 32.2. The molecule has 0 bridgehead atoms. The van der Waals surface area contributed by atoms with Crippen molar-refractivity contribution in [2.24, 2.45) is 10.9 Å². The first-order chi connectivity index (χ1) is 9.53. The number of oxime groups is 1. The normalized spacial score (nSPS) is 15.3. The van der Waals surface area contributed by atoms with Crippen LogP contribution in [0.2, 0.25) is 0 Å². The molecule has 0 aliphatic heterocycles. The smallest absolute Gasteiger partial charge is 0.240 e. The fraction of sp³-hybridized carbons (Fsp3) is 0.462. The lowest BCUT2D eigenvalue weighted by Gasteiger charge is -2.08. The summed E-state index contributed by atoms with van der Waals surface area (Å²) in [6, 6.07) is 5.30. The van der Waals surface area contributed by atoms with Crippen molar-refractivity contribution in [3.05, 3.63) is 29.3 Å². The molecule has 20 heavy (non-hydrogen) atoms. The molecule has 110 valence electrons. The molecule has 0 unspecified atom stereocenters.